The maximum Gasteiger partial charge on any atom is 0.0190 e. The van der Waals surface area contributed by atoms with Crippen molar-refractivity contribution >= 4 is 0 Å². The third kappa shape index (κ3) is 3.38. The minimum absolute atomic E-state index is 0.385. The van der Waals surface area contributed by atoms with Gasteiger partial charge in [-0.2, -0.15) is 0 Å². The summed E-state index contributed by atoms with van der Waals surface area (Å²) < 4.78 is 0. The number of allylic oxidation sites excluding steroid dienone is 4. The highest BCUT2D eigenvalue weighted by molar-refractivity contribution is 5.46. The highest BCUT2D eigenvalue weighted by Crippen LogP contribution is 2.41. The molecular formula is C24H28. The first-order valence-corrected chi connectivity index (χ1v) is 8.86. The maximum absolute atomic E-state index is 2.44. The van der Waals surface area contributed by atoms with Crippen LogP contribution in [-0.4, -0.2) is 0 Å². The smallest absolute Gasteiger partial charge is 0.0190 e. The molecule has 2 aromatic carbocycles. The maximum atomic E-state index is 2.44. The Morgan fingerprint density at radius 3 is 1.38 bits per heavy atom. The van der Waals surface area contributed by atoms with Gasteiger partial charge in [-0.1, -0.05) is 82.0 Å². The van der Waals surface area contributed by atoms with E-state index in [4.69, 9.17) is 0 Å². The minimum atomic E-state index is 0.385. The first-order chi connectivity index (χ1) is 11.3. The fraction of sp³-hybridized carbons (Fsp3) is 0.333. The van der Waals surface area contributed by atoms with E-state index >= 15 is 0 Å². The van der Waals surface area contributed by atoms with Crippen molar-refractivity contribution in [3.63, 3.8) is 0 Å². The van der Waals surface area contributed by atoms with Crippen LogP contribution < -0.4 is 0 Å². The molecule has 0 aliphatic heterocycles. The van der Waals surface area contributed by atoms with Crippen LogP contribution in [0.2, 0.25) is 0 Å². The Bertz CT molecular complexity index is 741. The Balaban J connectivity index is 2.19. The minimum Gasteiger partial charge on any atom is -0.0735 e. The van der Waals surface area contributed by atoms with Gasteiger partial charge in [-0.25, -0.2) is 0 Å². The summed E-state index contributed by atoms with van der Waals surface area (Å²) in [5, 5.41) is 0. The number of aryl methyl sites for hydroxylation is 4. The standard InChI is InChI=1S/C24H28/c1-15-7-16(2)11-21(10-15)24(23-14-19(5)9-20(23)6)22-12-17(3)8-18(4)13-22/h7-14,23-24H,1-6H3. The van der Waals surface area contributed by atoms with E-state index in [9.17, 15) is 0 Å². The van der Waals surface area contributed by atoms with Crippen molar-refractivity contribution in [3.8, 4) is 0 Å². The largest absolute Gasteiger partial charge is 0.0735 e. The Morgan fingerprint density at radius 1 is 0.625 bits per heavy atom. The van der Waals surface area contributed by atoms with E-state index in [0.29, 0.717) is 11.8 Å². The van der Waals surface area contributed by atoms with E-state index in [0.717, 1.165) is 0 Å². The second-order valence-electron chi connectivity index (χ2n) is 7.64. The molecule has 0 aromatic heterocycles. The van der Waals surface area contributed by atoms with Crippen molar-refractivity contribution in [1.29, 1.82) is 0 Å². The molecule has 0 spiro atoms. The van der Waals surface area contributed by atoms with E-state index in [2.05, 4.69) is 90.1 Å². The molecule has 0 fully saturated rings. The summed E-state index contributed by atoms with van der Waals surface area (Å²) in [5.74, 6) is 0.836. The number of benzene rings is 2. The van der Waals surface area contributed by atoms with Crippen molar-refractivity contribution in [2.24, 2.45) is 5.92 Å². The topological polar surface area (TPSA) is 0 Å². The van der Waals surface area contributed by atoms with E-state index in [-0.39, 0.29) is 0 Å². The van der Waals surface area contributed by atoms with Gasteiger partial charge in [0.05, 0.1) is 0 Å². The van der Waals surface area contributed by atoms with Gasteiger partial charge in [-0.3, -0.25) is 0 Å². The van der Waals surface area contributed by atoms with Gasteiger partial charge in [0.2, 0.25) is 0 Å². The molecule has 0 amide bonds. The van der Waals surface area contributed by atoms with E-state index in [1.807, 2.05) is 0 Å². The molecule has 1 aliphatic carbocycles. The van der Waals surface area contributed by atoms with Gasteiger partial charge in [0.1, 0.15) is 0 Å². The SMILES string of the molecule is CC1=CC(C(c2cc(C)cc(C)c2)c2cc(C)cc(C)c2)C(C)=C1. The molecule has 1 unspecified atom stereocenters. The van der Waals surface area contributed by atoms with Crippen LogP contribution in [0.4, 0.5) is 0 Å². The first-order valence-electron chi connectivity index (χ1n) is 8.86. The van der Waals surface area contributed by atoms with Gasteiger partial charge in [0.25, 0.3) is 0 Å². The Labute approximate surface area is 146 Å². The monoisotopic (exact) mass is 316 g/mol. The summed E-state index contributed by atoms with van der Waals surface area (Å²) in [6, 6.07) is 14.0. The lowest BCUT2D eigenvalue weighted by atomic mass is 9.77. The third-order valence-electron chi connectivity index (χ3n) is 4.99. The lowest BCUT2D eigenvalue weighted by Crippen LogP contribution is -2.13. The summed E-state index contributed by atoms with van der Waals surface area (Å²) in [6.45, 7) is 13.3. The van der Waals surface area contributed by atoms with Crippen LogP contribution in [0.3, 0.4) is 0 Å². The van der Waals surface area contributed by atoms with Gasteiger partial charge in [0, 0.05) is 11.8 Å². The molecule has 24 heavy (non-hydrogen) atoms. The lowest BCUT2D eigenvalue weighted by molar-refractivity contribution is 0.656. The molecule has 1 atom stereocenters. The zero-order valence-corrected chi connectivity index (χ0v) is 15.8. The molecule has 0 N–H and O–H groups in total. The Morgan fingerprint density at radius 2 is 1.04 bits per heavy atom. The molecular weight excluding hydrogens is 288 g/mol. The highest BCUT2D eigenvalue weighted by atomic mass is 14.3. The van der Waals surface area contributed by atoms with Gasteiger partial charge < -0.3 is 0 Å². The number of hydrogen-bond acceptors (Lipinski definition) is 0. The fourth-order valence-electron chi connectivity index (χ4n) is 4.26. The molecule has 0 saturated carbocycles. The molecule has 0 saturated heterocycles. The average molecular weight is 316 g/mol. The van der Waals surface area contributed by atoms with Crippen molar-refractivity contribution in [2.45, 2.75) is 47.5 Å². The van der Waals surface area contributed by atoms with Crippen LogP contribution in [0.1, 0.15) is 53.1 Å². The second kappa shape index (κ2) is 6.43. The van der Waals surface area contributed by atoms with E-state index in [1.54, 1.807) is 0 Å². The molecule has 124 valence electrons. The van der Waals surface area contributed by atoms with Gasteiger partial charge >= 0.3 is 0 Å². The summed E-state index contributed by atoms with van der Waals surface area (Å²) >= 11 is 0. The molecule has 0 bridgehead atoms. The third-order valence-corrected chi connectivity index (χ3v) is 4.99. The van der Waals surface area contributed by atoms with Crippen LogP contribution >= 0.6 is 0 Å². The zero-order chi connectivity index (χ0) is 17.4. The normalized spacial score (nSPS) is 17.2. The second-order valence-corrected chi connectivity index (χ2v) is 7.64. The fourth-order valence-corrected chi connectivity index (χ4v) is 4.26. The van der Waals surface area contributed by atoms with Crippen LogP contribution in [0.5, 0.6) is 0 Å². The summed E-state index contributed by atoms with van der Waals surface area (Å²) in [6.07, 6.45) is 4.78. The first kappa shape index (κ1) is 16.8. The quantitative estimate of drug-likeness (QED) is 0.600. The van der Waals surface area contributed by atoms with Crippen LogP contribution in [0, 0.1) is 33.6 Å². The van der Waals surface area contributed by atoms with Crippen LogP contribution in [-0.2, 0) is 0 Å². The summed E-state index contributed by atoms with van der Waals surface area (Å²) in [5.41, 5.74) is 11.1. The number of rotatable bonds is 3. The molecule has 0 heterocycles. The van der Waals surface area contributed by atoms with Gasteiger partial charge in [0.15, 0.2) is 0 Å². The van der Waals surface area contributed by atoms with Crippen LogP contribution in [0.15, 0.2) is 59.7 Å². The molecule has 0 radical (unpaired) electrons. The van der Waals surface area contributed by atoms with Gasteiger partial charge in [-0.05, 0) is 52.7 Å². The summed E-state index contributed by atoms with van der Waals surface area (Å²) in [7, 11) is 0. The van der Waals surface area contributed by atoms with Crippen molar-refractivity contribution in [3.05, 3.63) is 93.1 Å². The van der Waals surface area contributed by atoms with Crippen molar-refractivity contribution in [1.82, 2.24) is 0 Å². The van der Waals surface area contributed by atoms with Crippen molar-refractivity contribution < 1.29 is 0 Å². The Kier molecular flexibility index (Phi) is 4.49. The molecule has 3 rings (SSSR count). The highest BCUT2D eigenvalue weighted by Gasteiger charge is 2.28. The number of hydrogen-bond donors (Lipinski definition) is 0. The van der Waals surface area contributed by atoms with Crippen LogP contribution in [0.25, 0.3) is 0 Å². The predicted octanol–water partition coefficient (Wildman–Crippen LogP) is 6.57. The van der Waals surface area contributed by atoms with E-state index < -0.39 is 0 Å². The summed E-state index contributed by atoms with van der Waals surface area (Å²) in [4.78, 5) is 0. The van der Waals surface area contributed by atoms with Crippen molar-refractivity contribution in [2.75, 3.05) is 0 Å². The molecule has 1 aliphatic rings. The molecule has 0 heteroatoms. The lowest BCUT2D eigenvalue weighted by Gasteiger charge is -2.26. The van der Waals surface area contributed by atoms with Gasteiger partial charge in [-0.15, -0.1) is 0 Å². The molecule has 2 aromatic rings. The molecule has 0 nitrogen and oxygen atoms in total. The van der Waals surface area contributed by atoms with E-state index in [1.165, 1.54) is 44.5 Å². The zero-order valence-electron chi connectivity index (χ0n) is 15.8. The predicted molar refractivity (Wildman–Crippen MR) is 105 cm³/mol. The Hall–Kier alpha value is -2.08. The average Bonchev–Trinajstić information content (AvgIpc) is 2.75.